The first kappa shape index (κ1) is 15.0. The summed E-state index contributed by atoms with van der Waals surface area (Å²) >= 11 is 0. The van der Waals surface area contributed by atoms with Crippen molar-refractivity contribution in [1.82, 2.24) is 15.5 Å². The molecule has 1 aromatic heterocycles. The van der Waals surface area contributed by atoms with Crippen LogP contribution in [0.25, 0.3) is 0 Å². The Balaban J connectivity index is 2.71. The van der Waals surface area contributed by atoms with Crippen molar-refractivity contribution in [3.05, 3.63) is 11.4 Å². The minimum atomic E-state index is -1.04. The monoisotopic (exact) mass is 268 g/mol. The fraction of sp³-hybridized carbons (Fsp3) is 0.583. The van der Waals surface area contributed by atoms with Gasteiger partial charge in [-0.15, -0.1) is 0 Å². The number of aromatic amines is 1. The second-order valence-electron chi connectivity index (χ2n) is 4.61. The number of carbonyl (C=O) groups is 2. The molecule has 0 aliphatic carbocycles. The number of nitrogens with zero attached hydrogens (tertiary/aromatic N) is 1. The van der Waals surface area contributed by atoms with Gasteiger partial charge in [-0.25, -0.2) is 9.59 Å². The van der Waals surface area contributed by atoms with Crippen LogP contribution in [0.5, 0.6) is 0 Å². The summed E-state index contributed by atoms with van der Waals surface area (Å²) in [7, 11) is 0. The number of nitrogens with one attached hydrogen (secondary N) is 3. The van der Waals surface area contributed by atoms with Gasteiger partial charge in [0, 0.05) is 0 Å². The van der Waals surface area contributed by atoms with Gasteiger partial charge in [0.05, 0.1) is 17.1 Å². The van der Waals surface area contributed by atoms with Crippen LogP contribution < -0.4 is 10.6 Å². The van der Waals surface area contributed by atoms with E-state index in [9.17, 15) is 9.59 Å². The zero-order valence-corrected chi connectivity index (χ0v) is 11.6. The molecular weight excluding hydrogens is 248 g/mol. The molecule has 1 heterocycles. The maximum atomic E-state index is 11.8. The van der Waals surface area contributed by atoms with Crippen LogP contribution >= 0.6 is 0 Å². The van der Waals surface area contributed by atoms with Crippen molar-refractivity contribution in [1.29, 1.82) is 0 Å². The van der Waals surface area contributed by atoms with Crippen molar-refractivity contribution in [3.8, 4) is 0 Å². The topological polar surface area (TPSA) is 107 Å². The van der Waals surface area contributed by atoms with Crippen LogP contribution in [0, 0.1) is 19.8 Å². The van der Waals surface area contributed by atoms with Gasteiger partial charge in [0.2, 0.25) is 0 Å². The highest BCUT2D eigenvalue weighted by atomic mass is 16.4. The number of carbonyl (C=O) groups excluding carboxylic acids is 1. The van der Waals surface area contributed by atoms with E-state index < -0.39 is 18.0 Å². The zero-order chi connectivity index (χ0) is 14.6. The zero-order valence-electron chi connectivity index (χ0n) is 11.6. The summed E-state index contributed by atoms with van der Waals surface area (Å²) in [4.78, 5) is 22.9. The minimum Gasteiger partial charge on any atom is -0.480 e. The second-order valence-corrected chi connectivity index (χ2v) is 4.61. The minimum absolute atomic E-state index is 0.144. The largest absolute Gasteiger partial charge is 0.480 e. The summed E-state index contributed by atoms with van der Waals surface area (Å²) in [5.74, 6) is -1.18. The van der Waals surface area contributed by atoms with Crippen molar-refractivity contribution in [2.45, 2.75) is 40.2 Å². The molecular formula is C12H20N4O3. The molecule has 2 amide bonds. The summed E-state index contributed by atoms with van der Waals surface area (Å²) in [6.07, 6.45) is 0.668. The maximum absolute atomic E-state index is 11.8. The molecule has 0 saturated carbocycles. The Morgan fingerprint density at radius 1 is 1.42 bits per heavy atom. The van der Waals surface area contributed by atoms with E-state index in [0.717, 1.165) is 5.69 Å². The number of hydrogen-bond donors (Lipinski definition) is 4. The molecule has 106 valence electrons. The van der Waals surface area contributed by atoms with Gasteiger partial charge in [0.25, 0.3) is 0 Å². The molecule has 7 nitrogen and oxygen atoms in total. The second kappa shape index (κ2) is 6.21. The first-order valence-electron chi connectivity index (χ1n) is 6.18. The lowest BCUT2D eigenvalue weighted by Gasteiger charge is -2.20. The highest BCUT2D eigenvalue weighted by Crippen LogP contribution is 2.16. The Hall–Kier alpha value is -2.05. The fourth-order valence-electron chi connectivity index (χ4n) is 1.71. The number of carboxylic acids is 1. The number of carboxylic acid groups (broad SMARTS) is 1. The number of aryl methyl sites for hydroxylation is 2. The standard InChI is InChI=1S/C12H20N4O3/c1-5-6(2)9(11(17)18)13-12(19)14-10-7(3)15-16-8(10)4/h6,9H,5H2,1-4H3,(H,15,16)(H,17,18)(H2,13,14,19). The molecule has 2 atom stereocenters. The fourth-order valence-corrected chi connectivity index (χ4v) is 1.71. The van der Waals surface area contributed by atoms with Crippen molar-refractivity contribution >= 4 is 17.7 Å². The summed E-state index contributed by atoms with van der Waals surface area (Å²) < 4.78 is 0. The molecule has 19 heavy (non-hydrogen) atoms. The molecule has 0 aromatic carbocycles. The van der Waals surface area contributed by atoms with E-state index in [1.54, 1.807) is 20.8 Å². The lowest BCUT2D eigenvalue weighted by Crippen LogP contribution is -2.46. The van der Waals surface area contributed by atoms with Gasteiger partial charge in [0.15, 0.2) is 0 Å². The van der Waals surface area contributed by atoms with Gasteiger partial charge >= 0.3 is 12.0 Å². The van der Waals surface area contributed by atoms with Crippen molar-refractivity contribution in [3.63, 3.8) is 0 Å². The quantitative estimate of drug-likeness (QED) is 0.651. The average molecular weight is 268 g/mol. The molecule has 0 aliphatic heterocycles. The maximum Gasteiger partial charge on any atom is 0.326 e. The summed E-state index contributed by atoms with van der Waals surface area (Å²) in [5, 5.41) is 20.9. The third-order valence-electron chi connectivity index (χ3n) is 3.13. The van der Waals surface area contributed by atoms with Gasteiger partial charge < -0.3 is 15.7 Å². The van der Waals surface area contributed by atoms with E-state index in [4.69, 9.17) is 5.11 Å². The number of hydrogen-bond acceptors (Lipinski definition) is 3. The number of rotatable bonds is 5. The van der Waals surface area contributed by atoms with Crippen LogP contribution in [0.1, 0.15) is 31.7 Å². The first-order valence-corrected chi connectivity index (χ1v) is 6.18. The number of amides is 2. The Morgan fingerprint density at radius 3 is 2.47 bits per heavy atom. The van der Waals surface area contributed by atoms with E-state index in [1.807, 2.05) is 6.92 Å². The Labute approximate surface area is 111 Å². The molecule has 0 fully saturated rings. The van der Waals surface area contributed by atoms with E-state index in [0.29, 0.717) is 17.8 Å². The summed E-state index contributed by atoms with van der Waals surface area (Å²) in [6.45, 7) is 7.19. The van der Waals surface area contributed by atoms with Crippen LogP contribution in [0.15, 0.2) is 0 Å². The van der Waals surface area contributed by atoms with Crippen LogP contribution in [0.3, 0.4) is 0 Å². The lowest BCUT2D eigenvalue weighted by atomic mass is 9.99. The smallest absolute Gasteiger partial charge is 0.326 e. The third kappa shape index (κ3) is 3.70. The Kier molecular flexibility index (Phi) is 4.91. The third-order valence-corrected chi connectivity index (χ3v) is 3.13. The number of anilines is 1. The molecule has 1 rings (SSSR count). The Bertz CT molecular complexity index is 450. The van der Waals surface area contributed by atoms with Crippen LogP contribution in [-0.4, -0.2) is 33.3 Å². The van der Waals surface area contributed by atoms with E-state index in [2.05, 4.69) is 20.8 Å². The van der Waals surface area contributed by atoms with E-state index >= 15 is 0 Å². The molecule has 0 bridgehead atoms. The lowest BCUT2D eigenvalue weighted by molar-refractivity contribution is -0.140. The van der Waals surface area contributed by atoms with E-state index in [-0.39, 0.29) is 5.92 Å². The highest BCUT2D eigenvalue weighted by molar-refractivity contribution is 5.93. The molecule has 0 spiro atoms. The van der Waals surface area contributed by atoms with Gasteiger partial charge in [0.1, 0.15) is 6.04 Å². The van der Waals surface area contributed by atoms with Gasteiger partial charge in [-0.3, -0.25) is 5.10 Å². The van der Waals surface area contributed by atoms with Crippen molar-refractivity contribution < 1.29 is 14.7 Å². The first-order chi connectivity index (χ1) is 8.86. The molecule has 0 saturated heterocycles. The number of aromatic nitrogens is 2. The summed E-state index contributed by atoms with van der Waals surface area (Å²) in [6, 6.07) is -1.45. The van der Waals surface area contributed by atoms with Crippen LogP contribution in [0.2, 0.25) is 0 Å². The predicted octanol–water partition coefficient (Wildman–Crippen LogP) is 1.65. The van der Waals surface area contributed by atoms with Gasteiger partial charge in [-0.2, -0.15) is 5.10 Å². The molecule has 0 radical (unpaired) electrons. The van der Waals surface area contributed by atoms with Crippen molar-refractivity contribution in [2.75, 3.05) is 5.32 Å². The van der Waals surface area contributed by atoms with Gasteiger partial charge in [-0.05, 0) is 19.8 Å². The predicted molar refractivity (Wildman–Crippen MR) is 71.1 cm³/mol. The molecule has 4 N–H and O–H groups in total. The number of urea groups is 1. The average Bonchev–Trinajstić information content (AvgIpc) is 2.66. The summed E-state index contributed by atoms with van der Waals surface area (Å²) in [5.41, 5.74) is 1.96. The van der Waals surface area contributed by atoms with Crippen LogP contribution in [-0.2, 0) is 4.79 Å². The SMILES string of the molecule is CCC(C)C(NC(=O)Nc1c(C)n[nH]c1C)C(=O)O. The Morgan fingerprint density at radius 2 is 2.05 bits per heavy atom. The number of aliphatic carboxylic acids is 1. The molecule has 0 aliphatic rings. The molecule has 7 heteroatoms. The molecule has 2 unspecified atom stereocenters. The highest BCUT2D eigenvalue weighted by Gasteiger charge is 2.25. The van der Waals surface area contributed by atoms with Crippen LogP contribution in [0.4, 0.5) is 10.5 Å². The molecule has 1 aromatic rings. The van der Waals surface area contributed by atoms with E-state index in [1.165, 1.54) is 0 Å². The number of H-pyrrole nitrogens is 1. The normalized spacial score (nSPS) is 13.7. The van der Waals surface area contributed by atoms with Gasteiger partial charge in [-0.1, -0.05) is 20.3 Å². The van der Waals surface area contributed by atoms with Crippen molar-refractivity contribution in [2.24, 2.45) is 5.92 Å².